The summed E-state index contributed by atoms with van der Waals surface area (Å²) >= 11 is 0. The monoisotopic (exact) mass is 348 g/mol. The van der Waals surface area contributed by atoms with Crippen LogP contribution in [0.25, 0.3) is 11.2 Å². The molecule has 26 heavy (non-hydrogen) atoms. The second-order valence-electron chi connectivity index (χ2n) is 6.93. The van der Waals surface area contributed by atoms with Gasteiger partial charge >= 0.3 is 0 Å². The maximum atomic E-state index is 13.0. The van der Waals surface area contributed by atoms with Crippen LogP contribution >= 0.6 is 0 Å². The van der Waals surface area contributed by atoms with Crippen molar-refractivity contribution in [3.63, 3.8) is 0 Å². The Morgan fingerprint density at radius 2 is 1.92 bits per heavy atom. The molecule has 2 aliphatic rings. The van der Waals surface area contributed by atoms with Crippen LogP contribution in [0.4, 0.5) is 11.5 Å². The summed E-state index contributed by atoms with van der Waals surface area (Å²) in [5.74, 6) is 1.23. The molecule has 0 unspecified atom stereocenters. The quantitative estimate of drug-likeness (QED) is 0.768. The van der Waals surface area contributed by atoms with Crippen molar-refractivity contribution >= 4 is 28.6 Å². The molecule has 1 aromatic carbocycles. The Balaban J connectivity index is 1.30. The number of carbonyl (C=O) groups is 1. The largest absolute Gasteiger partial charge is 0.355 e. The molecule has 1 amide bonds. The highest BCUT2D eigenvalue weighted by Gasteiger charge is 2.33. The minimum atomic E-state index is 0.0801. The average Bonchev–Trinajstić information content (AvgIpc) is 3.34. The summed E-state index contributed by atoms with van der Waals surface area (Å²) in [6.07, 6.45) is 5.84. The average molecular weight is 348 g/mol. The van der Waals surface area contributed by atoms with Gasteiger partial charge in [0.05, 0.1) is 6.33 Å². The first-order chi connectivity index (χ1) is 12.8. The van der Waals surface area contributed by atoms with E-state index < -0.39 is 0 Å². The van der Waals surface area contributed by atoms with E-state index in [1.54, 1.807) is 12.7 Å². The topological polar surface area (TPSA) is 78.0 Å². The molecule has 0 bridgehead atoms. The standard InChI is InChI=1S/C19H20N6O/c26-19(25-10-7-13-3-1-2-4-15(13)25)14-5-8-24(9-6-14)18-16-17(21-11-20-16)22-12-23-18/h1-4,11-12,14H,5-10H2,(H,20,21,22,23). The number of rotatable bonds is 2. The molecule has 0 atom stereocenters. The zero-order valence-electron chi connectivity index (χ0n) is 14.4. The van der Waals surface area contributed by atoms with Crippen LogP contribution in [-0.2, 0) is 11.2 Å². The Labute approximate surface area is 151 Å². The molecule has 5 rings (SSSR count). The van der Waals surface area contributed by atoms with Crippen LogP contribution in [0.2, 0.25) is 0 Å². The summed E-state index contributed by atoms with van der Waals surface area (Å²) in [4.78, 5) is 33.2. The number of fused-ring (bicyclic) bond motifs is 2. The Hall–Kier alpha value is -2.96. The Morgan fingerprint density at radius 1 is 1.08 bits per heavy atom. The molecule has 0 spiro atoms. The highest BCUT2D eigenvalue weighted by Crippen LogP contribution is 2.32. The van der Waals surface area contributed by atoms with Crippen molar-refractivity contribution in [2.45, 2.75) is 19.3 Å². The normalized spacial score (nSPS) is 17.7. The third kappa shape index (κ3) is 2.42. The van der Waals surface area contributed by atoms with Crippen LogP contribution in [0.15, 0.2) is 36.9 Å². The van der Waals surface area contributed by atoms with Gasteiger partial charge in [0.2, 0.25) is 5.91 Å². The summed E-state index contributed by atoms with van der Waals surface area (Å²) in [5, 5.41) is 0. The number of imidazole rings is 1. The fourth-order valence-electron chi connectivity index (χ4n) is 4.12. The lowest BCUT2D eigenvalue weighted by molar-refractivity contribution is -0.122. The Kier molecular flexibility index (Phi) is 3.58. The molecule has 2 aliphatic heterocycles. The number of amides is 1. The molecule has 0 aliphatic carbocycles. The van der Waals surface area contributed by atoms with Crippen molar-refractivity contribution in [2.75, 3.05) is 29.4 Å². The summed E-state index contributed by atoms with van der Waals surface area (Å²) < 4.78 is 0. The molecule has 1 N–H and O–H groups in total. The minimum Gasteiger partial charge on any atom is -0.355 e. The first-order valence-corrected chi connectivity index (χ1v) is 9.09. The van der Waals surface area contributed by atoms with Gasteiger partial charge in [0, 0.05) is 31.2 Å². The van der Waals surface area contributed by atoms with Crippen molar-refractivity contribution in [3.8, 4) is 0 Å². The molecule has 0 radical (unpaired) electrons. The number of nitrogens with one attached hydrogen (secondary N) is 1. The molecule has 0 saturated carbocycles. The van der Waals surface area contributed by atoms with Crippen LogP contribution in [0, 0.1) is 5.92 Å². The summed E-state index contributed by atoms with van der Waals surface area (Å²) in [5.41, 5.74) is 3.92. The molecular formula is C19H20N6O. The number of hydrogen-bond acceptors (Lipinski definition) is 5. The SMILES string of the molecule is O=C(C1CCN(c2ncnc3nc[nH]c23)CC1)N1CCc2ccccc21. The third-order valence-corrected chi connectivity index (χ3v) is 5.50. The van der Waals surface area contributed by atoms with Crippen molar-refractivity contribution in [1.29, 1.82) is 0 Å². The van der Waals surface area contributed by atoms with Crippen LogP contribution < -0.4 is 9.80 Å². The van der Waals surface area contributed by atoms with Crippen molar-refractivity contribution < 1.29 is 4.79 Å². The molecule has 7 heteroatoms. The van der Waals surface area contributed by atoms with Gasteiger partial charge in [-0.2, -0.15) is 0 Å². The molecular weight excluding hydrogens is 328 g/mol. The number of anilines is 2. The minimum absolute atomic E-state index is 0.0801. The van der Waals surface area contributed by atoms with Gasteiger partial charge in [-0.05, 0) is 30.9 Å². The second kappa shape index (κ2) is 6.09. The number of benzene rings is 1. The summed E-state index contributed by atoms with van der Waals surface area (Å²) in [6.45, 7) is 2.44. The lowest BCUT2D eigenvalue weighted by Crippen LogP contribution is -2.42. The van der Waals surface area contributed by atoms with Gasteiger partial charge < -0.3 is 14.8 Å². The first-order valence-electron chi connectivity index (χ1n) is 9.09. The van der Waals surface area contributed by atoms with Gasteiger partial charge in [0.25, 0.3) is 0 Å². The smallest absolute Gasteiger partial charge is 0.230 e. The molecule has 2 aromatic heterocycles. The lowest BCUT2D eigenvalue weighted by Gasteiger charge is -2.34. The maximum Gasteiger partial charge on any atom is 0.230 e. The van der Waals surface area contributed by atoms with E-state index in [9.17, 15) is 4.79 Å². The molecule has 7 nitrogen and oxygen atoms in total. The number of aromatic amines is 1. The van der Waals surface area contributed by atoms with Gasteiger partial charge in [0.1, 0.15) is 11.8 Å². The molecule has 1 saturated heterocycles. The van der Waals surface area contributed by atoms with E-state index in [4.69, 9.17) is 0 Å². The van der Waals surface area contributed by atoms with Crippen molar-refractivity contribution in [2.24, 2.45) is 5.92 Å². The van der Waals surface area contributed by atoms with Crippen LogP contribution in [-0.4, -0.2) is 45.5 Å². The van der Waals surface area contributed by atoms with E-state index >= 15 is 0 Å². The lowest BCUT2D eigenvalue weighted by atomic mass is 9.95. The number of carbonyl (C=O) groups excluding carboxylic acids is 1. The van der Waals surface area contributed by atoms with Gasteiger partial charge in [-0.1, -0.05) is 18.2 Å². The number of para-hydroxylation sites is 1. The number of hydrogen-bond donors (Lipinski definition) is 1. The van der Waals surface area contributed by atoms with Crippen molar-refractivity contribution in [3.05, 3.63) is 42.5 Å². The molecule has 1 fully saturated rings. The predicted octanol–water partition coefficient (Wildman–Crippen LogP) is 2.16. The van der Waals surface area contributed by atoms with E-state index in [1.807, 2.05) is 17.0 Å². The molecule has 132 valence electrons. The van der Waals surface area contributed by atoms with E-state index in [0.717, 1.165) is 55.9 Å². The van der Waals surface area contributed by atoms with Gasteiger partial charge in [-0.25, -0.2) is 15.0 Å². The summed E-state index contributed by atoms with van der Waals surface area (Å²) in [7, 11) is 0. The predicted molar refractivity (Wildman–Crippen MR) is 99.1 cm³/mol. The zero-order chi connectivity index (χ0) is 17.5. The van der Waals surface area contributed by atoms with E-state index in [2.05, 4.69) is 37.0 Å². The van der Waals surface area contributed by atoms with Crippen molar-refractivity contribution in [1.82, 2.24) is 19.9 Å². The number of nitrogens with zero attached hydrogens (tertiary/aromatic N) is 5. The Bertz CT molecular complexity index is 959. The highest BCUT2D eigenvalue weighted by molar-refractivity contribution is 5.97. The van der Waals surface area contributed by atoms with Crippen LogP contribution in [0.3, 0.4) is 0 Å². The van der Waals surface area contributed by atoms with Crippen LogP contribution in [0.5, 0.6) is 0 Å². The third-order valence-electron chi connectivity index (χ3n) is 5.50. The summed E-state index contributed by atoms with van der Waals surface area (Å²) in [6, 6.07) is 8.24. The molecule has 4 heterocycles. The highest BCUT2D eigenvalue weighted by atomic mass is 16.2. The number of aromatic nitrogens is 4. The van der Waals surface area contributed by atoms with Gasteiger partial charge in [-0.3, -0.25) is 4.79 Å². The first kappa shape index (κ1) is 15.3. The van der Waals surface area contributed by atoms with Gasteiger partial charge in [-0.15, -0.1) is 0 Å². The molecule has 3 aromatic rings. The fraction of sp³-hybridized carbons (Fsp3) is 0.368. The number of H-pyrrole nitrogens is 1. The Morgan fingerprint density at radius 3 is 2.81 bits per heavy atom. The van der Waals surface area contributed by atoms with E-state index in [-0.39, 0.29) is 11.8 Å². The van der Waals surface area contributed by atoms with Gasteiger partial charge in [0.15, 0.2) is 11.5 Å². The fourth-order valence-corrected chi connectivity index (χ4v) is 4.12. The maximum absolute atomic E-state index is 13.0. The van der Waals surface area contributed by atoms with E-state index in [0.29, 0.717) is 5.65 Å². The van der Waals surface area contributed by atoms with E-state index in [1.165, 1.54) is 5.56 Å². The van der Waals surface area contributed by atoms with Crippen LogP contribution in [0.1, 0.15) is 18.4 Å². The zero-order valence-corrected chi connectivity index (χ0v) is 14.4. The number of piperidine rings is 1. The second-order valence-corrected chi connectivity index (χ2v) is 6.93.